The summed E-state index contributed by atoms with van der Waals surface area (Å²) in [5.41, 5.74) is 5.45. The lowest BCUT2D eigenvalue weighted by Gasteiger charge is -2.40. The summed E-state index contributed by atoms with van der Waals surface area (Å²) in [6, 6.07) is 0.866. The van der Waals surface area contributed by atoms with Crippen LogP contribution >= 0.6 is 0 Å². The zero-order chi connectivity index (χ0) is 11.9. The Hall–Kier alpha value is -0.380. The number of nitrogens with two attached hydrogens (primary N) is 1. The smallest absolute Gasteiger partial charge is 0.0163 e. The molecule has 0 aromatic rings. The molecule has 0 aromatic heterocycles. The van der Waals surface area contributed by atoms with Crippen LogP contribution in [0.2, 0.25) is 0 Å². The fraction of sp³-hybridized carbons (Fsp3) is 0.857. The van der Waals surface area contributed by atoms with E-state index in [4.69, 9.17) is 5.73 Å². The summed E-state index contributed by atoms with van der Waals surface area (Å²) in [5.74, 6) is 0. The predicted octanol–water partition coefficient (Wildman–Crippen LogP) is 1.45. The van der Waals surface area contributed by atoms with Gasteiger partial charge in [0.05, 0.1) is 0 Å². The molecule has 0 unspecified atom stereocenters. The molecule has 0 aliphatic carbocycles. The topological polar surface area (TPSA) is 32.5 Å². The minimum atomic E-state index is 0.671. The first-order valence-electron chi connectivity index (χ1n) is 7.21. The zero-order valence-electron chi connectivity index (χ0n) is 11.0. The average molecular weight is 237 g/mol. The second-order valence-electron chi connectivity index (χ2n) is 5.34. The Labute approximate surface area is 106 Å². The van der Waals surface area contributed by atoms with Crippen molar-refractivity contribution < 1.29 is 0 Å². The molecule has 2 aliphatic heterocycles. The Balaban J connectivity index is 1.68. The van der Waals surface area contributed by atoms with Crippen molar-refractivity contribution in [1.29, 1.82) is 0 Å². The van der Waals surface area contributed by atoms with E-state index in [0.717, 1.165) is 12.6 Å². The molecule has 2 N–H and O–H groups in total. The minimum Gasteiger partial charge on any atom is -0.327 e. The van der Waals surface area contributed by atoms with Crippen LogP contribution in [0.4, 0.5) is 0 Å². The lowest BCUT2D eigenvalue weighted by Crippen LogP contribution is -2.46. The Bertz CT molecular complexity index is 226. The van der Waals surface area contributed by atoms with E-state index in [2.05, 4.69) is 22.0 Å². The number of hydrogen-bond acceptors (Lipinski definition) is 3. The van der Waals surface area contributed by atoms with Gasteiger partial charge in [-0.2, -0.15) is 0 Å². The van der Waals surface area contributed by atoms with Gasteiger partial charge in [-0.25, -0.2) is 0 Å². The average Bonchev–Trinajstić information content (AvgIpc) is 2.41. The van der Waals surface area contributed by atoms with Crippen molar-refractivity contribution in [3.8, 4) is 0 Å². The van der Waals surface area contributed by atoms with Gasteiger partial charge in [0.15, 0.2) is 0 Å². The highest BCUT2D eigenvalue weighted by molar-refractivity contribution is 4.88. The van der Waals surface area contributed by atoms with Crippen molar-refractivity contribution >= 4 is 0 Å². The van der Waals surface area contributed by atoms with Gasteiger partial charge in [-0.05, 0) is 51.9 Å². The van der Waals surface area contributed by atoms with Crippen LogP contribution < -0.4 is 5.73 Å². The van der Waals surface area contributed by atoms with Crippen LogP contribution in [0.15, 0.2) is 12.2 Å². The molecule has 2 rings (SSSR count). The molecule has 2 fully saturated rings. The van der Waals surface area contributed by atoms with Gasteiger partial charge in [0.25, 0.3) is 0 Å². The number of piperidine rings is 2. The second-order valence-corrected chi connectivity index (χ2v) is 5.34. The van der Waals surface area contributed by atoms with Crippen molar-refractivity contribution in [3.05, 3.63) is 12.2 Å². The summed E-state index contributed by atoms with van der Waals surface area (Å²) in [6.07, 6.45) is 11.3. The van der Waals surface area contributed by atoms with Gasteiger partial charge < -0.3 is 10.6 Å². The van der Waals surface area contributed by atoms with Crippen LogP contribution in [0, 0.1) is 0 Å². The Kier molecular flexibility index (Phi) is 5.49. The Morgan fingerprint density at radius 3 is 2.29 bits per heavy atom. The first kappa shape index (κ1) is 13.1. The lowest BCUT2D eigenvalue weighted by molar-refractivity contribution is 0.0974. The van der Waals surface area contributed by atoms with Crippen molar-refractivity contribution in [2.75, 3.05) is 39.3 Å². The molecule has 0 atom stereocenters. The second kappa shape index (κ2) is 7.14. The summed E-state index contributed by atoms with van der Waals surface area (Å²) in [4.78, 5) is 5.28. The molecule has 3 nitrogen and oxygen atoms in total. The summed E-state index contributed by atoms with van der Waals surface area (Å²) in [5, 5.41) is 0. The molecular formula is C14H27N3. The third-order valence-electron chi connectivity index (χ3n) is 4.13. The third-order valence-corrected chi connectivity index (χ3v) is 4.13. The van der Waals surface area contributed by atoms with Gasteiger partial charge in [-0.1, -0.05) is 18.6 Å². The predicted molar refractivity (Wildman–Crippen MR) is 73.1 cm³/mol. The molecular weight excluding hydrogens is 210 g/mol. The molecule has 0 radical (unpaired) electrons. The molecule has 0 aromatic carbocycles. The maximum Gasteiger partial charge on any atom is 0.0163 e. The van der Waals surface area contributed by atoms with Crippen molar-refractivity contribution in [2.45, 2.75) is 38.1 Å². The maximum atomic E-state index is 5.45. The van der Waals surface area contributed by atoms with Crippen molar-refractivity contribution in [1.82, 2.24) is 9.80 Å². The number of nitrogens with zero attached hydrogens (tertiary/aromatic N) is 2. The highest BCUT2D eigenvalue weighted by atomic mass is 15.2. The fourth-order valence-electron chi connectivity index (χ4n) is 3.07. The van der Waals surface area contributed by atoms with E-state index in [1.54, 1.807) is 0 Å². The van der Waals surface area contributed by atoms with Crippen LogP contribution in [0.1, 0.15) is 32.1 Å². The van der Waals surface area contributed by atoms with E-state index in [9.17, 15) is 0 Å². The minimum absolute atomic E-state index is 0.671. The molecule has 98 valence electrons. The summed E-state index contributed by atoms with van der Waals surface area (Å²) in [6.45, 7) is 6.97. The van der Waals surface area contributed by atoms with Crippen LogP contribution in [-0.2, 0) is 0 Å². The molecule has 2 saturated heterocycles. The normalized spacial score (nSPS) is 25.7. The molecule has 0 saturated carbocycles. The van der Waals surface area contributed by atoms with Crippen molar-refractivity contribution in [2.24, 2.45) is 5.73 Å². The first-order chi connectivity index (χ1) is 8.40. The molecule has 2 heterocycles. The first-order valence-corrected chi connectivity index (χ1v) is 7.21. The van der Waals surface area contributed by atoms with E-state index in [1.807, 2.05) is 0 Å². The highest BCUT2D eigenvalue weighted by Gasteiger charge is 2.24. The number of rotatable bonds is 4. The maximum absolute atomic E-state index is 5.45. The third kappa shape index (κ3) is 4.09. The number of hydrogen-bond donors (Lipinski definition) is 1. The van der Waals surface area contributed by atoms with Crippen LogP contribution in [0.5, 0.6) is 0 Å². The van der Waals surface area contributed by atoms with E-state index in [-0.39, 0.29) is 0 Å². The largest absolute Gasteiger partial charge is 0.327 e. The number of likely N-dealkylation sites (tertiary alicyclic amines) is 2. The van der Waals surface area contributed by atoms with Crippen molar-refractivity contribution in [3.63, 3.8) is 0 Å². The quantitative estimate of drug-likeness (QED) is 0.751. The van der Waals surface area contributed by atoms with Gasteiger partial charge in [0.2, 0.25) is 0 Å². The van der Waals surface area contributed by atoms with E-state index >= 15 is 0 Å². The van der Waals surface area contributed by atoms with Crippen LogP contribution in [0.25, 0.3) is 0 Å². The van der Waals surface area contributed by atoms with Gasteiger partial charge in [-0.15, -0.1) is 0 Å². The van der Waals surface area contributed by atoms with Gasteiger partial charge in [-0.3, -0.25) is 4.90 Å². The van der Waals surface area contributed by atoms with E-state index in [0.29, 0.717) is 6.54 Å². The summed E-state index contributed by atoms with van der Waals surface area (Å²) < 4.78 is 0. The molecule has 3 heteroatoms. The van der Waals surface area contributed by atoms with Gasteiger partial charge >= 0.3 is 0 Å². The van der Waals surface area contributed by atoms with E-state index in [1.165, 1.54) is 58.3 Å². The molecule has 2 aliphatic rings. The molecule has 17 heavy (non-hydrogen) atoms. The fourth-order valence-corrected chi connectivity index (χ4v) is 3.07. The van der Waals surface area contributed by atoms with Gasteiger partial charge in [0, 0.05) is 19.1 Å². The Morgan fingerprint density at radius 1 is 0.941 bits per heavy atom. The summed E-state index contributed by atoms with van der Waals surface area (Å²) in [7, 11) is 0. The monoisotopic (exact) mass is 237 g/mol. The van der Waals surface area contributed by atoms with Crippen LogP contribution in [-0.4, -0.2) is 55.1 Å². The highest BCUT2D eigenvalue weighted by Crippen LogP contribution is 2.20. The Morgan fingerprint density at radius 2 is 1.65 bits per heavy atom. The van der Waals surface area contributed by atoms with E-state index < -0.39 is 0 Å². The molecule has 0 amide bonds. The SMILES string of the molecule is NCC=CCN1CCC(N2CCCCC2)CC1. The van der Waals surface area contributed by atoms with Gasteiger partial charge in [0.1, 0.15) is 0 Å². The lowest BCUT2D eigenvalue weighted by atomic mass is 10.00. The summed E-state index contributed by atoms with van der Waals surface area (Å²) >= 11 is 0. The van der Waals surface area contributed by atoms with Crippen LogP contribution in [0.3, 0.4) is 0 Å². The zero-order valence-corrected chi connectivity index (χ0v) is 11.0. The standard InChI is InChI=1S/C14H27N3/c15-8-2-5-9-16-12-6-14(7-13-16)17-10-3-1-4-11-17/h2,5,14H,1,3-4,6-13,15H2. The molecule has 0 bridgehead atoms. The molecule has 0 spiro atoms.